The lowest BCUT2D eigenvalue weighted by atomic mass is 10.0. The summed E-state index contributed by atoms with van der Waals surface area (Å²) < 4.78 is 7.38. The highest BCUT2D eigenvalue weighted by molar-refractivity contribution is 5.04. The number of hydrogen-bond donors (Lipinski definition) is 1. The molecule has 90 valence electrons. The van der Waals surface area contributed by atoms with Gasteiger partial charge in [0.2, 0.25) is 0 Å². The number of aromatic nitrogens is 2. The Kier molecular flexibility index (Phi) is 3.96. The maximum absolute atomic E-state index is 6.08. The lowest BCUT2D eigenvalue weighted by molar-refractivity contribution is 0.101. The van der Waals surface area contributed by atoms with Gasteiger partial charge in [0.15, 0.2) is 0 Å². The molecule has 1 aliphatic heterocycles. The second kappa shape index (κ2) is 5.46. The molecule has 0 saturated carbocycles. The highest BCUT2D eigenvalue weighted by Crippen LogP contribution is 2.20. The Bertz CT molecular complexity index is 318. The minimum Gasteiger partial charge on any atom is -0.378 e. The Hall–Kier alpha value is -0.870. The minimum absolute atomic E-state index is 0.0719. The molecule has 2 heterocycles. The molecule has 1 fully saturated rings. The summed E-state index contributed by atoms with van der Waals surface area (Å²) >= 11 is 0. The SMILES string of the molecule is Cn1ccc(C(N)CCCC2CCCO2)n1. The van der Waals surface area contributed by atoms with E-state index in [0.717, 1.165) is 31.6 Å². The maximum atomic E-state index is 6.08. The summed E-state index contributed by atoms with van der Waals surface area (Å²) in [7, 11) is 1.92. The van der Waals surface area contributed by atoms with Crippen LogP contribution in [-0.4, -0.2) is 22.5 Å². The second-order valence-corrected chi connectivity index (χ2v) is 4.59. The third-order valence-corrected chi connectivity index (χ3v) is 3.18. The van der Waals surface area contributed by atoms with Crippen LogP contribution >= 0.6 is 0 Å². The molecule has 2 unspecified atom stereocenters. The quantitative estimate of drug-likeness (QED) is 0.827. The molecule has 0 radical (unpaired) electrons. The Morgan fingerprint density at radius 3 is 3.19 bits per heavy atom. The van der Waals surface area contributed by atoms with E-state index in [1.165, 1.54) is 12.8 Å². The van der Waals surface area contributed by atoms with Gasteiger partial charge in [0.25, 0.3) is 0 Å². The summed E-state index contributed by atoms with van der Waals surface area (Å²) in [6, 6.07) is 2.07. The number of nitrogens with zero attached hydrogens (tertiary/aromatic N) is 2. The average molecular weight is 223 g/mol. The van der Waals surface area contributed by atoms with Crippen molar-refractivity contribution in [1.82, 2.24) is 9.78 Å². The third-order valence-electron chi connectivity index (χ3n) is 3.18. The van der Waals surface area contributed by atoms with Crippen LogP contribution in [-0.2, 0) is 11.8 Å². The first-order valence-electron chi connectivity index (χ1n) is 6.12. The molecule has 1 saturated heterocycles. The zero-order chi connectivity index (χ0) is 11.4. The molecule has 2 N–H and O–H groups in total. The molecule has 16 heavy (non-hydrogen) atoms. The van der Waals surface area contributed by atoms with Gasteiger partial charge >= 0.3 is 0 Å². The van der Waals surface area contributed by atoms with Gasteiger partial charge in [-0.2, -0.15) is 5.10 Å². The fraction of sp³-hybridized carbons (Fsp3) is 0.750. The van der Waals surface area contributed by atoms with E-state index >= 15 is 0 Å². The standard InChI is InChI=1S/C12H21N3O/c1-15-8-7-12(14-15)11(13)6-2-4-10-5-3-9-16-10/h7-8,10-11H,2-6,9,13H2,1H3. The van der Waals surface area contributed by atoms with Gasteiger partial charge < -0.3 is 10.5 Å². The van der Waals surface area contributed by atoms with Crippen LogP contribution < -0.4 is 5.73 Å². The predicted octanol–water partition coefficient (Wildman–Crippen LogP) is 1.77. The zero-order valence-corrected chi connectivity index (χ0v) is 9.93. The van der Waals surface area contributed by atoms with Crippen LogP contribution in [0, 0.1) is 0 Å². The molecule has 0 aliphatic carbocycles. The highest BCUT2D eigenvalue weighted by Gasteiger charge is 2.16. The van der Waals surface area contributed by atoms with Crippen molar-refractivity contribution in [2.75, 3.05) is 6.61 Å². The number of nitrogens with two attached hydrogens (primary N) is 1. The van der Waals surface area contributed by atoms with Crippen molar-refractivity contribution in [2.24, 2.45) is 12.8 Å². The summed E-state index contributed by atoms with van der Waals surface area (Å²) in [4.78, 5) is 0. The van der Waals surface area contributed by atoms with E-state index in [1.807, 2.05) is 19.3 Å². The fourth-order valence-electron chi connectivity index (χ4n) is 2.22. The van der Waals surface area contributed by atoms with Crippen LogP contribution in [0.1, 0.15) is 43.8 Å². The van der Waals surface area contributed by atoms with Gasteiger partial charge in [-0.1, -0.05) is 0 Å². The van der Waals surface area contributed by atoms with Crippen LogP contribution in [0.15, 0.2) is 12.3 Å². The first kappa shape index (κ1) is 11.6. The lowest BCUT2D eigenvalue weighted by Gasteiger charge is -2.11. The van der Waals surface area contributed by atoms with Gasteiger partial charge in [-0.25, -0.2) is 0 Å². The number of ether oxygens (including phenoxy) is 1. The summed E-state index contributed by atoms with van der Waals surface area (Å²) in [5, 5.41) is 4.32. The third kappa shape index (κ3) is 3.06. The van der Waals surface area contributed by atoms with Crippen molar-refractivity contribution in [2.45, 2.75) is 44.2 Å². The van der Waals surface area contributed by atoms with Crippen molar-refractivity contribution in [3.63, 3.8) is 0 Å². The fourth-order valence-corrected chi connectivity index (χ4v) is 2.22. The molecule has 1 aromatic rings. The van der Waals surface area contributed by atoms with Crippen LogP contribution in [0.2, 0.25) is 0 Å². The number of aryl methyl sites for hydroxylation is 1. The first-order valence-corrected chi connectivity index (χ1v) is 6.12. The summed E-state index contributed by atoms with van der Waals surface area (Å²) in [6.45, 7) is 0.941. The van der Waals surface area contributed by atoms with Crippen molar-refractivity contribution in [1.29, 1.82) is 0 Å². The van der Waals surface area contributed by atoms with Gasteiger partial charge in [-0.3, -0.25) is 4.68 Å². The molecule has 4 heteroatoms. The van der Waals surface area contributed by atoms with Gasteiger partial charge in [-0.15, -0.1) is 0 Å². The zero-order valence-electron chi connectivity index (χ0n) is 9.93. The summed E-state index contributed by atoms with van der Waals surface area (Å²) in [6.07, 6.45) is 8.13. The number of rotatable bonds is 5. The van der Waals surface area contributed by atoms with E-state index in [2.05, 4.69) is 5.10 Å². The molecule has 0 aromatic carbocycles. The van der Waals surface area contributed by atoms with Crippen LogP contribution in [0.4, 0.5) is 0 Å². The normalized spacial score (nSPS) is 22.5. The van der Waals surface area contributed by atoms with E-state index in [9.17, 15) is 0 Å². The molecule has 4 nitrogen and oxygen atoms in total. The minimum atomic E-state index is 0.0719. The van der Waals surface area contributed by atoms with Gasteiger partial charge in [0, 0.05) is 25.9 Å². The smallest absolute Gasteiger partial charge is 0.0791 e. The monoisotopic (exact) mass is 223 g/mol. The van der Waals surface area contributed by atoms with E-state index < -0.39 is 0 Å². The van der Waals surface area contributed by atoms with Crippen molar-refractivity contribution in [3.05, 3.63) is 18.0 Å². The Morgan fingerprint density at radius 1 is 1.69 bits per heavy atom. The first-order chi connectivity index (χ1) is 7.75. The summed E-state index contributed by atoms with van der Waals surface area (Å²) in [5.74, 6) is 0. The van der Waals surface area contributed by atoms with Crippen LogP contribution in [0.25, 0.3) is 0 Å². The molecule has 0 bridgehead atoms. The van der Waals surface area contributed by atoms with Crippen molar-refractivity contribution >= 4 is 0 Å². The van der Waals surface area contributed by atoms with Crippen LogP contribution in [0.5, 0.6) is 0 Å². The predicted molar refractivity (Wildman–Crippen MR) is 63.0 cm³/mol. The molecule has 2 rings (SSSR count). The second-order valence-electron chi connectivity index (χ2n) is 4.59. The van der Waals surface area contributed by atoms with E-state index in [-0.39, 0.29) is 6.04 Å². The number of hydrogen-bond acceptors (Lipinski definition) is 3. The Morgan fingerprint density at radius 2 is 2.56 bits per heavy atom. The van der Waals surface area contributed by atoms with Gasteiger partial charge in [-0.05, 0) is 38.2 Å². The van der Waals surface area contributed by atoms with E-state index in [1.54, 1.807) is 4.68 Å². The highest BCUT2D eigenvalue weighted by atomic mass is 16.5. The van der Waals surface area contributed by atoms with Gasteiger partial charge in [0.05, 0.1) is 11.8 Å². The largest absolute Gasteiger partial charge is 0.378 e. The average Bonchev–Trinajstić information content (AvgIpc) is 2.89. The van der Waals surface area contributed by atoms with E-state index in [0.29, 0.717) is 6.10 Å². The van der Waals surface area contributed by atoms with E-state index in [4.69, 9.17) is 10.5 Å². The molecule has 2 atom stereocenters. The molecule has 0 spiro atoms. The Labute approximate surface area is 96.8 Å². The van der Waals surface area contributed by atoms with Crippen molar-refractivity contribution < 1.29 is 4.74 Å². The Balaban J connectivity index is 1.69. The van der Waals surface area contributed by atoms with Crippen molar-refractivity contribution in [3.8, 4) is 0 Å². The molecule has 1 aromatic heterocycles. The molecular formula is C12H21N3O. The van der Waals surface area contributed by atoms with Gasteiger partial charge in [0.1, 0.15) is 0 Å². The molecular weight excluding hydrogens is 202 g/mol. The lowest BCUT2D eigenvalue weighted by Crippen LogP contribution is -2.13. The molecule has 1 aliphatic rings. The molecule has 0 amide bonds. The maximum Gasteiger partial charge on any atom is 0.0791 e. The summed E-state index contributed by atoms with van der Waals surface area (Å²) in [5.41, 5.74) is 7.07. The van der Waals surface area contributed by atoms with Crippen LogP contribution in [0.3, 0.4) is 0 Å². The topological polar surface area (TPSA) is 53.1 Å².